The summed E-state index contributed by atoms with van der Waals surface area (Å²) < 4.78 is 1.53. The molecular formula is C15H15N5O2. The van der Waals surface area contributed by atoms with Crippen LogP contribution in [-0.4, -0.2) is 38.8 Å². The largest absolute Gasteiger partial charge is 0.395 e. The molecule has 0 atom stereocenters. The number of carbonyl (C=O) groups is 1. The number of hydrogen-bond donors (Lipinski definition) is 3. The Hall–Kier alpha value is -2.93. The molecule has 1 amide bonds. The molecule has 0 aliphatic carbocycles. The highest BCUT2D eigenvalue weighted by Gasteiger charge is 2.14. The van der Waals surface area contributed by atoms with Gasteiger partial charge in [-0.15, -0.1) is 0 Å². The number of fused-ring (bicyclic) bond motifs is 1. The van der Waals surface area contributed by atoms with E-state index < -0.39 is 0 Å². The van der Waals surface area contributed by atoms with Crippen LogP contribution in [0.3, 0.4) is 0 Å². The molecule has 0 aliphatic rings. The van der Waals surface area contributed by atoms with Crippen LogP contribution in [0.1, 0.15) is 10.4 Å². The first-order valence-corrected chi connectivity index (χ1v) is 6.83. The van der Waals surface area contributed by atoms with Crippen molar-refractivity contribution < 1.29 is 9.90 Å². The summed E-state index contributed by atoms with van der Waals surface area (Å²) >= 11 is 0. The van der Waals surface area contributed by atoms with E-state index in [2.05, 4.69) is 20.7 Å². The smallest absolute Gasteiger partial charge is 0.261 e. The van der Waals surface area contributed by atoms with Gasteiger partial charge in [-0.1, -0.05) is 18.2 Å². The van der Waals surface area contributed by atoms with E-state index in [-0.39, 0.29) is 12.5 Å². The third-order valence-electron chi connectivity index (χ3n) is 3.06. The SMILES string of the molecule is O=C(Nc1ccccc1)c1cnn2ccc(NCCO)nc12. The fourth-order valence-corrected chi connectivity index (χ4v) is 2.03. The number of hydrogen-bond acceptors (Lipinski definition) is 5. The predicted molar refractivity (Wildman–Crippen MR) is 83.0 cm³/mol. The van der Waals surface area contributed by atoms with E-state index in [4.69, 9.17) is 5.11 Å². The number of nitrogens with one attached hydrogen (secondary N) is 2. The molecule has 3 aromatic rings. The number of aliphatic hydroxyl groups excluding tert-OH is 1. The van der Waals surface area contributed by atoms with E-state index in [1.807, 2.05) is 30.3 Å². The quantitative estimate of drug-likeness (QED) is 0.662. The number of rotatable bonds is 5. The van der Waals surface area contributed by atoms with Gasteiger partial charge in [-0.05, 0) is 18.2 Å². The summed E-state index contributed by atoms with van der Waals surface area (Å²) in [6, 6.07) is 10.9. The number of aromatic nitrogens is 3. The maximum Gasteiger partial charge on any atom is 0.261 e. The number of carbonyl (C=O) groups excluding carboxylic acids is 1. The Morgan fingerprint density at radius 3 is 2.82 bits per heavy atom. The lowest BCUT2D eigenvalue weighted by Gasteiger charge is -2.05. The predicted octanol–water partition coefficient (Wildman–Crippen LogP) is 1.39. The van der Waals surface area contributed by atoms with Crippen molar-refractivity contribution in [2.75, 3.05) is 23.8 Å². The fraction of sp³-hybridized carbons (Fsp3) is 0.133. The first-order chi connectivity index (χ1) is 10.8. The molecule has 1 aromatic carbocycles. The fourth-order valence-electron chi connectivity index (χ4n) is 2.03. The van der Waals surface area contributed by atoms with Gasteiger partial charge in [0.15, 0.2) is 5.65 Å². The molecule has 7 nitrogen and oxygen atoms in total. The van der Waals surface area contributed by atoms with E-state index in [9.17, 15) is 4.79 Å². The summed E-state index contributed by atoms with van der Waals surface area (Å²) in [5, 5.41) is 18.7. The zero-order chi connectivity index (χ0) is 15.4. The van der Waals surface area contributed by atoms with Gasteiger partial charge in [-0.25, -0.2) is 9.50 Å². The average molecular weight is 297 g/mol. The second kappa shape index (κ2) is 6.23. The van der Waals surface area contributed by atoms with Crippen LogP contribution in [-0.2, 0) is 0 Å². The molecular weight excluding hydrogens is 282 g/mol. The Kier molecular flexibility index (Phi) is 3.97. The van der Waals surface area contributed by atoms with Gasteiger partial charge in [-0.2, -0.15) is 5.10 Å². The van der Waals surface area contributed by atoms with Crippen LogP contribution in [0.4, 0.5) is 11.5 Å². The standard InChI is InChI=1S/C15H15N5O2/c21-9-7-16-13-6-8-20-14(19-13)12(10-17-20)15(22)18-11-4-2-1-3-5-11/h1-6,8,10,21H,7,9H2,(H,16,19)(H,18,22). The van der Waals surface area contributed by atoms with Gasteiger partial charge in [0.2, 0.25) is 0 Å². The van der Waals surface area contributed by atoms with Crippen LogP contribution < -0.4 is 10.6 Å². The van der Waals surface area contributed by atoms with E-state index in [0.717, 1.165) is 0 Å². The van der Waals surface area contributed by atoms with E-state index >= 15 is 0 Å². The molecule has 2 aromatic heterocycles. The molecule has 2 heterocycles. The molecule has 0 aliphatic heterocycles. The normalized spacial score (nSPS) is 10.6. The van der Waals surface area contributed by atoms with Crippen molar-refractivity contribution in [2.24, 2.45) is 0 Å². The first-order valence-electron chi connectivity index (χ1n) is 6.83. The molecule has 0 spiro atoms. The lowest BCUT2D eigenvalue weighted by molar-refractivity contribution is 0.102. The van der Waals surface area contributed by atoms with Crippen LogP contribution in [0, 0.1) is 0 Å². The number of para-hydroxylation sites is 1. The number of amides is 1. The maximum absolute atomic E-state index is 12.3. The van der Waals surface area contributed by atoms with Gasteiger partial charge in [0.25, 0.3) is 5.91 Å². The van der Waals surface area contributed by atoms with Gasteiger partial charge < -0.3 is 15.7 Å². The number of aliphatic hydroxyl groups is 1. The average Bonchev–Trinajstić information content (AvgIpc) is 2.97. The maximum atomic E-state index is 12.3. The van der Waals surface area contributed by atoms with Crippen molar-refractivity contribution in [3.63, 3.8) is 0 Å². The van der Waals surface area contributed by atoms with Gasteiger partial charge in [0.1, 0.15) is 11.4 Å². The molecule has 0 radical (unpaired) electrons. The van der Waals surface area contributed by atoms with Crippen molar-refractivity contribution >= 4 is 23.1 Å². The van der Waals surface area contributed by atoms with E-state index in [1.165, 1.54) is 10.7 Å². The number of anilines is 2. The molecule has 7 heteroatoms. The van der Waals surface area contributed by atoms with Crippen LogP contribution in [0.5, 0.6) is 0 Å². The van der Waals surface area contributed by atoms with E-state index in [0.29, 0.717) is 29.3 Å². The van der Waals surface area contributed by atoms with Crippen molar-refractivity contribution in [2.45, 2.75) is 0 Å². The molecule has 0 saturated heterocycles. The highest BCUT2D eigenvalue weighted by Crippen LogP contribution is 2.14. The van der Waals surface area contributed by atoms with Gasteiger partial charge in [0.05, 0.1) is 12.8 Å². The number of benzene rings is 1. The molecule has 0 saturated carbocycles. The lowest BCUT2D eigenvalue weighted by atomic mass is 10.2. The Balaban J connectivity index is 1.87. The second-order valence-electron chi connectivity index (χ2n) is 4.61. The summed E-state index contributed by atoms with van der Waals surface area (Å²) in [5.41, 5.74) is 1.55. The molecule has 3 N–H and O–H groups in total. The molecule has 0 bridgehead atoms. The molecule has 112 valence electrons. The van der Waals surface area contributed by atoms with Gasteiger partial charge in [0, 0.05) is 18.4 Å². The number of nitrogens with zero attached hydrogens (tertiary/aromatic N) is 3. The second-order valence-corrected chi connectivity index (χ2v) is 4.61. The van der Waals surface area contributed by atoms with E-state index in [1.54, 1.807) is 12.3 Å². The van der Waals surface area contributed by atoms with Crippen LogP contribution in [0.2, 0.25) is 0 Å². The minimum Gasteiger partial charge on any atom is -0.395 e. The summed E-state index contributed by atoms with van der Waals surface area (Å²) in [5.74, 6) is 0.309. The Labute approximate surface area is 126 Å². The minimum atomic E-state index is -0.270. The summed E-state index contributed by atoms with van der Waals surface area (Å²) in [4.78, 5) is 16.7. The monoisotopic (exact) mass is 297 g/mol. The highest BCUT2D eigenvalue weighted by molar-refractivity contribution is 6.08. The molecule has 3 rings (SSSR count). The third kappa shape index (κ3) is 2.89. The Morgan fingerprint density at radius 1 is 1.23 bits per heavy atom. The highest BCUT2D eigenvalue weighted by atomic mass is 16.3. The van der Waals surface area contributed by atoms with Crippen LogP contribution in [0.15, 0.2) is 48.8 Å². The Morgan fingerprint density at radius 2 is 2.05 bits per heavy atom. The van der Waals surface area contributed by atoms with Crippen LogP contribution in [0.25, 0.3) is 5.65 Å². The van der Waals surface area contributed by atoms with Crippen LogP contribution >= 0.6 is 0 Å². The van der Waals surface area contributed by atoms with Crippen molar-refractivity contribution in [3.05, 3.63) is 54.4 Å². The zero-order valence-electron chi connectivity index (χ0n) is 11.7. The third-order valence-corrected chi connectivity index (χ3v) is 3.06. The summed E-state index contributed by atoms with van der Waals surface area (Å²) in [6.07, 6.45) is 3.19. The van der Waals surface area contributed by atoms with Crippen molar-refractivity contribution in [1.82, 2.24) is 14.6 Å². The molecule has 22 heavy (non-hydrogen) atoms. The molecule has 0 unspecified atom stereocenters. The van der Waals surface area contributed by atoms with Crippen molar-refractivity contribution in [3.8, 4) is 0 Å². The minimum absolute atomic E-state index is 0.00741. The summed E-state index contributed by atoms with van der Waals surface area (Å²) in [7, 11) is 0. The van der Waals surface area contributed by atoms with Gasteiger partial charge >= 0.3 is 0 Å². The zero-order valence-corrected chi connectivity index (χ0v) is 11.7. The topological polar surface area (TPSA) is 91.6 Å². The molecule has 0 fully saturated rings. The first kappa shape index (κ1) is 14.0. The van der Waals surface area contributed by atoms with Gasteiger partial charge in [-0.3, -0.25) is 4.79 Å². The summed E-state index contributed by atoms with van der Waals surface area (Å²) in [6.45, 7) is 0.399. The van der Waals surface area contributed by atoms with Crippen molar-refractivity contribution in [1.29, 1.82) is 0 Å². The Bertz CT molecular complexity index is 785. The lowest BCUT2D eigenvalue weighted by Crippen LogP contribution is -2.12.